The van der Waals surface area contributed by atoms with E-state index in [1.54, 1.807) is 23.1 Å². The predicted octanol–water partition coefficient (Wildman–Crippen LogP) is 0.830. The molecule has 3 rings (SSSR count). The third kappa shape index (κ3) is 1.33. The van der Waals surface area contributed by atoms with Crippen molar-refractivity contribution < 1.29 is 0 Å². The van der Waals surface area contributed by atoms with Gasteiger partial charge < -0.3 is 5.73 Å². The van der Waals surface area contributed by atoms with Crippen molar-refractivity contribution in [3.8, 4) is 10.6 Å². The zero-order valence-electron chi connectivity index (χ0n) is 7.53. The number of rotatable bonds is 1. The fraction of sp³-hybridized carbons (Fsp3) is 0. The predicted molar refractivity (Wildman–Crippen MR) is 56.3 cm³/mol. The molecule has 0 aromatic carbocycles. The zero-order chi connectivity index (χ0) is 10.3. The number of nitrogens with two attached hydrogens (primary N) is 1. The van der Waals surface area contributed by atoms with Gasteiger partial charge in [0.2, 0.25) is 4.96 Å². The van der Waals surface area contributed by atoms with E-state index in [0.29, 0.717) is 5.82 Å². The first-order valence-electron chi connectivity index (χ1n) is 4.22. The Morgan fingerprint density at radius 3 is 3.00 bits per heavy atom. The molecule has 0 aliphatic heterocycles. The Labute approximate surface area is 88.4 Å². The molecule has 0 fully saturated rings. The minimum atomic E-state index is 0.502. The van der Waals surface area contributed by atoms with Crippen LogP contribution >= 0.6 is 11.3 Å². The molecule has 3 heterocycles. The number of fused-ring (bicyclic) bond motifs is 1. The van der Waals surface area contributed by atoms with Crippen molar-refractivity contribution in [3.63, 3.8) is 0 Å². The first-order valence-corrected chi connectivity index (χ1v) is 5.03. The highest BCUT2D eigenvalue weighted by Crippen LogP contribution is 2.23. The number of aromatic nitrogens is 5. The van der Waals surface area contributed by atoms with Crippen LogP contribution in [0.4, 0.5) is 5.82 Å². The van der Waals surface area contributed by atoms with E-state index in [0.717, 1.165) is 15.5 Å². The van der Waals surface area contributed by atoms with Crippen LogP contribution in [0.5, 0.6) is 0 Å². The zero-order valence-corrected chi connectivity index (χ0v) is 8.35. The van der Waals surface area contributed by atoms with E-state index >= 15 is 0 Å². The molecule has 3 aromatic rings. The lowest BCUT2D eigenvalue weighted by Gasteiger charge is -1.94. The minimum absolute atomic E-state index is 0.502. The van der Waals surface area contributed by atoms with Gasteiger partial charge in [-0.2, -0.15) is 9.61 Å². The topological polar surface area (TPSA) is 82.0 Å². The summed E-state index contributed by atoms with van der Waals surface area (Å²) >= 11 is 1.46. The fourth-order valence-corrected chi connectivity index (χ4v) is 2.02. The Morgan fingerprint density at radius 1 is 1.33 bits per heavy atom. The summed E-state index contributed by atoms with van der Waals surface area (Å²) in [4.78, 5) is 4.77. The highest BCUT2D eigenvalue weighted by molar-refractivity contribution is 7.19. The molecule has 0 spiro atoms. The molecular formula is C8H6N6S. The maximum absolute atomic E-state index is 5.50. The normalized spacial score (nSPS) is 10.9. The standard InChI is InChI=1S/C8H6N6S/c9-6-2-1-5(3-10-6)7-13-14-4-11-12-8(14)15-7/h1-4H,(H2,9,10). The number of pyridine rings is 1. The second kappa shape index (κ2) is 2.99. The average molecular weight is 218 g/mol. The van der Waals surface area contributed by atoms with E-state index in [1.807, 2.05) is 6.07 Å². The van der Waals surface area contributed by atoms with E-state index in [-0.39, 0.29) is 0 Å². The van der Waals surface area contributed by atoms with Gasteiger partial charge in [0.25, 0.3) is 0 Å². The van der Waals surface area contributed by atoms with E-state index in [1.165, 1.54) is 11.3 Å². The number of anilines is 1. The molecule has 0 unspecified atom stereocenters. The minimum Gasteiger partial charge on any atom is -0.384 e. The van der Waals surface area contributed by atoms with Crippen LogP contribution < -0.4 is 5.73 Å². The monoisotopic (exact) mass is 218 g/mol. The van der Waals surface area contributed by atoms with E-state index in [2.05, 4.69) is 20.3 Å². The maximum Gasteiger partial charge on any atom is 0.234 e. The molecule has 0 aliphatic carbocycles. The van der Waals surface area contributed by atoms with Crippen molar-refractivity contribution in [1.29, 1.82) is 0 Å². The molecule has 2 N–H and O–H groups in total. The summed E-state index contributed by atoms with van der Waals surface area (Å²) in [5.41, 5.74) is 6.43. The molecule has 0 aliphatic rings. The summed E-state index contributed by atoms with van der Waals surface area (Å²) in [6, 6.07) is 3.63. The smallest absolute Gasteiger partial charge is 0.234 e. The summed E-state index contributed by atoms with van der Waals surface area (Å²) in [7, 11) is 0. The van der Waals surface area contributed by atoms with Crippen molar-refractivity contribution in [3.05, 3.63) is 24.7 Å². The summed E-state index contributed by atoms with van der Waals surface area (Å²) in [5.74, 6) is 0.502. The van der Waals surface area contributed by atoms with Crippen LogP contribution in [-0.2, 0) is 0 Å². The van der Waals surface area contributed by atoms with Gasteiger partial charge in [0.05, 0.1) is 0 Å². The van der Waals surface area contributed by atoms with Crippen molar-refractivity contribution in [2.75, 3.05) is 5.73 Å². The lowest BCUT2D eigenvalue weighted by Crippen LogP contribution is -1.89. The Morgan fingerprint density at radius 2 is 2.27 bits per heavy atom. The largest absolute Gasteiger partial charge is 0.384 e. The molecule has 15 heavy (non-hydrogen) atoms. The maximum atomic E-state index is 5.50. The van der Waals surface area contributed by atoms with Crippen LogP contribution in [0.2, 0.25) is 0 Å². The molecular weight excluding hydrogens is 212 g/mol. The second-order valence-corrected chi connectivity index (χ2v) is 3.89. The molecule has 0 amide bonds. The van der Waals surface area contributed by atoms with Crippen LogP contribution in [0.1, 0.15) is 0 Å². The fourth-order valence-electron chi connectivity index (χ4n) is 1.21. The lowest BCUT2D eigenvalue weighted by atomic mass is 10.3. The Hall–Kier alpha value is -2.02. The Kier molecular flexibility index (Phi) is 1.65. The van der Waals surface area contributed by atoms with Gasteiger partial charge >= 0.3 is 0 Å². The highest BCUT2D eigenvalue weighted by atomic mass is 32.1. The Bertz CT molecular complexity index is 566. The van der Waals surface area contributed by atoms with Crippen LogP contribution in [-0.4, -0.2) is 24.8 Å². The third-order valence-electron chi connectivity index (χ3n) is 1.92. The molecule has 0 atom stereocenters. The van der Waals surface area contributed by atoms with Gasteiger partial charge in [0.15, 0.2) is 0 Å². The molecule has 7 heteroatoms. The van der Waals surface area contributed by atoms with Crippen molar-refractivity contribution in [2.45, 2.75) is 0 Å². The molecule has 0 saturated heterocycles. The lowest BCUT2D eigenvalue weighted by molar-refractivity contribution is 0.959. The molecule has 0 saturated carbocycles. The number of hydrogen-bond acceptors (Lipinski definition) is 6. The van der Waals surface area contributed by atoms with Gasteiger partial charge in [-0.05, 0) is 12.1 Å². The number of nitrogen functional groups attached to an aromatic ring is 1. The number of hydrogen-bond donors (Lipinski definition) is 1. The van der Waals surface area contributed by atoms with Crippen LogP contribution in [0.15, 0.2) is 24.7 Å². The quantitative estimate of drug-likeness (QED) is 0.654. The second-order valence-electron chi connectivity index (χ2n) is 2.94. The van der Waals surface area contributed by atoms with Crippen molar-refractivity contribution in [1.82, 2.24) is 24.8 Å². The molecule has 0 bridgehead atoms. The van der Waals surface area contributed by atoms with Gasteiger partial charge in [-0.15, -0.1) is 10.2 Å². The van der Waals surface area contributed by atoms with Crippen LogP contribution in [0, 0.1) is 0 Å². The molecule has 6 nitrogen and oxygen atoms in total. The number of nitrogens with zero attached hydrogens (tertiary/aromatic N) is 5. The van der Waals surface area contributed by atoms with Gasteiger partial charge in [-0.3, -0.25) is 0 Å². The highest BCUT2D eigenvalue weighted by Gasteiger charge is 2.07. The van der Waals surface area contributed by atoms with Crippen LogP contribution in [0.25, 0.3) is 15.5 Å². The van der Waals surface area contributed by atoms with Crippen molar-refractivity contribution in [2.24, 2.45) is 0 Å². The summed E-state index contributed by atoms with van der Waals surface area (Å²) in [6.45, 7) is 0. The molecule has 0 radical (unpaired) electrons. The summed E-state index contributed by atoms with van der Waals surface area (Å²) in [5, 5.41) is 12.8. The summed E-state index contributed by atoms with van der Waals surface area (Å²) < 4.78 is 1.64. The summed E-state index contributed by atoms with van der Waals surface area (Å²) in [6.07, 6.45) is 3.26. The van der Waals surface area contributed by atoms with Gasteiger partial charge in [0.1, 0.15) is 17.2 Å². The van der Waals surface area contributed by atoms with Gasteiger partial charge in [-0.1, -0.05) is 11.3 Å². The Balaban J connectivity index is 2.13. The van der Waals surface area contributed by atoms with Gasteiger partial charge in [-0.25, -0.2) is 4.98 Å². The van der Waals surface area contributed by atoms with E-state index < -0.39 is 0 Å². The van der Waals surface area contributed by atoms with Crippen LogP contribution in [0.3, 0.4) is 0 Å². The van der Waals surface area contributed by atoms with E-state index in [9.17, 15) is 0 Å². The first-order chi connectivity index (χ1) is 7.33. The third-order valence-corrected chi connectivity index (χ3v) is 2.88. The SMILES string of the molecule is Nc1ccc(-c2nn3cnnc3s2)cn1. The van der Waals surface area contributed by atoms with E-state index in [4.69, 9.17) is 5.73 Å². The molecule has 3 aromatic heterocycles. The molecule has 74 valence electrons. The average Bonchev–Trinajstić information content (AvgIpc) is 2.78. The first kappa shape index (κ1) is 8.30. The van der Waals surface area contributed by atoms with Gasteiger partial charge in [0, 0.05) is 11.8 Å². The van der Waals surface area contributed by atoms with Crippen molar-refractivity contribution >= 4 is 22.1 Å².